The van der Waals surface area contributed by atoms with Crippen LogP contribution in [0.2, 0.25) is 0 Å². The van der Waals surface area contributed by atoms with Crippen LogP contribution in [-0.4, -0.2) is 52.7 Å². The SMILES string of the molecule is CCNC(COC)COCC1CCOC1. The molecule has 1 aliphatic rings. The van der Waals surface area contributed by atoms with Gasteiger partial charge < -0.3 is 19.5 Å². The predicted molar refractivity (Wildman–Crippen MR) is 59.1 cm³/mol. The van der Waals surface area contributed by atoms with Gasteiger partial charge in [-0.15, -0.1) is 0 Å². The highest BCUT2D eigenvalue weighted by Gasteiger charge is 2.16. The van der Waals surface area contributed by atoms with Crippen LogP contribution < -0.4 is 5.32 Å². The highest BCUT2D eigenvalue weighted by molar-refractivity contribution is 4.66. The second kappa shape index (κ2) is 8.05. The molecule has 1 fully saturated rings. The monoisotopic (exact) mass is 217 g/mol. The van der Waals surface area contributed by atoms with E-state index in [9.17, 15) is 0 Å². The minimum Gasteiger partial charge on any atom is -0.383 e. The van der Waals surface area contributed by atoms with Gasteiger partial charge in [0.25, 0.3) is 0 Å². The fraction of sp³-hybridized carbons (Fsp3) is 1.00. The lowest BCUT2D eigenvalue weighted by molar-refractivity contribution is 0.0523. The first-order valence-corrected chi connectivity index (χ1v) is 5.74. The standard InChI is InChI=1S/C11H23NO3/c1-3-12-11(8-13-2)9-15-7-10-4-5-14-6-10/h10-12H,3-9H2,1-2H3. The lowest BCUT2D eigenvalue weighted by Crippen LogP contribution is -2.37. The van der Waals surface area contributed by atoms with Crippen LogP contribution in [0.25, 0.3) is 0 Å². The second-order valence-corrected chi connectivity index (χ2v) is 3.98. The second-order valence-electron chi connectivity index (χ2n) is 3.98. The first kappa shape index (κ1) is 12.9. The van der Waals surface area contributed by atoms with E-state index in [-0.39, 0.29) is 0 Å². The van der Waals surface area contributed by atoms with Crippen LogP contribution in [0.15, 0.2) is 0 Å². The fourth-order valence-electron chi connectivity index (χ4n) is 1.75. The summed E-state index contributed by atoms with van der Waals surface area (Å²) in [4.78, 5) is 0. The molecule has 1 heterocycles. The van der Waals surface area contributed by atoms with E-state index in [1.807, 2.05) is 0 Å². The largest absolute Gasteiger partial charge is 0.383 e. The van der Waals surface area contributed by atoms with Crippen molar-refractivity contribution in [1.82, 2.24) is 5.32 Å². The Morgan fingerprint density at radius 2 is 2.33 bits per heavy atom. The number of likely N-dealkylation sites (N-methyl/N-ethyl adjacent to an activating group) is 1. The number of hydrogen-bond acceptors (Lipinski definition) is 4. The molecule has 1 aliphatic heterocycles. The third-order valence-electron chi connectivity index (χ3n) is 2.56. The Hall–Kier alpha value is -0.160. The molecule has 0 amide bonds. The van der Waals surface area contributed by atoms with Gasteiger partial charge in [0.15, 0.2) is 0 Å². The number of nitrogens with one attached hydrogen (secondary N) is 1. The van der Waals surface area contributed by atoms with Crippen molar-refractivity contribution in [1.29, 1.82) is 0 Å². The van der Waals surface area contributed by atoms with Crippen molar-refractivity contribution in [2.24, 2.45) is 5.92 Å². The first-order chi connectivity index (χ1) is 7.36. The van der Waals surface area contributed by atoms with Gasteiger partial charge in [0, 0.05) is 19.6 Å². The Bertz CT molecular complexity index is 143. The lowest BCUT2D eigenvalue weighted by Gasteiger charge is -2.18. The van der Waals surface area contributed by atoms with E-state index in [1.165, 1.54) is 0 Å². The van der Waals surface area contributed by atoms with Crippen molar-refractivity contribution >= 4 is 0 Å². The molecule has 0 aromatic carbocycles. The van der Waals surface area contributed by atoms with Gasteiger partial charge in [0.2, 0.25) is 0 Å². The average molecular weight is 217 g/mol. The normalized spacial score (nSPS) is 23.2. The molecule has 4 nitrogen and oxygen atoms in total. The highest BCUT2D eigenvalue weighted by Crippen LogP contribution is 2.12. The Morgan fingerprint density at radius 1 is 1.47 bits per heavy atom. The molecular weight excluding hydrogens is 194 g/mol. The van der Waals surface area contributed by atoms with Crippen molar-refractivity contribution in [2.45, 2.75) is 19.4 Å². The van der Waals surface area contributed by atoms with E-state index in [0.717, 1.165) is 39.4 Å². The van der Waals surface area contributed by atoms with Gasteiger partial charge in [-0.05, 0) is 13.0 Å². The van der Waals surface area contributed by atoms with Crippen molar-refractivity contribution in [3.8, 4) is 0 Å². The van der Waals surface area contributed by atoms with Gasteiger partial charge in [-0.1, -0.05) is 6.92 Å². The number of methoxy groups -OCH3 is 1. The lowest BCUT2D eigenvalue weighted by atomic mass is 10.1. The maximum absolute atomic E-state index is 5.66. The van der Waals surface area contributed by atoms with Crippen LogP contribution in [0.4, 0.5) is 0 Å². The molecule has 90 valence electrons. The van der Waals surface area contributed by atoms with E-state index < -0.39 is 0 Å². The smallest absolute Gasteiger partial charge is 0.0642 e. The number of ether oxygens (including phenoxy) is 3. The summed E-state index contributed by atoms with van der Waals surface area (Å²) in [5.41, 5.74) is 0. The van der Waals surface area contributed by atoms with Crippen LogP contribution in [0.5, 0.6) is 0 Å². The van der Waals surface area contributed by atoms with Gasteiger partial charge in [0.1, 0.15) is 0 Å². The summed E-state index contributed by atoms with van der Waals surface area (Å²) in [6.45, 7) is 7.02. The molecule has 4 heteroatoms. The summed E-state index contributed by atoms with van der Waals surface area (Å²) in [5.74, 6) is 0.592. The highest BCUT2D eigenvalue weighted by atomic mass is 16.5. The van der Waals surface area contributed by atoms with E-state index in [0.29, 0.717) is 18.6 Å². The van der Waals surface area contributed by atoms with E-state index in [4.69, 9.17) is 14.2 Å². The first-order valence-electron chi connectivity index (χ1n) is 5.74. The topological polar surface area (TPSA) is 39.7 Å². The van der Waals surface area contributed by atoms with E-state index in [2.05, 4.69) is 12.2 Å². The molecule has 1 rings (SSSR count). The van der Waals surface area contributed by atoms with E-state index in [1.54, 1.807) is 7.11 Å². The van der Waals surface area contributed by atoms with Gasteiger partial charge in [-0.3, -0.25) is 0 Å². The Balaban J connectivity index is 2.04. The molecule has 0 aliphatic carbocycles. The maximum atomic E-state index is 5.66. The number of rotatable bonds is 8. The summed E-state index contributed by atoms with van der Waals surface area (Å²) in [5, 5.41) is 3.33. The van der Waals surface area contributed by atoms with Crippen LogP contribution >= 0.6 is 0 Å². The van der Waals surface area contributed by atoms with Crippen LogP contribution in [0, 0.1) is 5.92 Å². The number of hydrogen-bond donors (Lipinski definition) is 1. The molecule has 2 atom stereocenters. The molecule has 0 aromatic heterocycles. The zero-order valence-corrected chi connectivity index (χ0v) is 9.83. The van der Waals surface area contributed by atoms with Crippen molar-refractivity contribution in [2.75, 3.05) is 46.7 Å². The zero-order chi connectivity index (χ0) is 10.9. The molecule has 0 bridgehead atoms. The third kappa shape index (κ3) is 5.47. The summed E-state index contributed by atoms with van der Waals surface area (Å²) in [6.07, 6.45) is 1.14. The minimum absolute atomic E-state index is 0.308. The van der Waals surface area contributed by atoms with Gasteiger partial charge in [-0.2, -0.15) is 0 Å². The van der Waals surface area contributed by atoms with Crippen molar-refractivity contribution in [3.05, 3.63) is 0 Å². The Kier molecular flexibility index (Phi) is 6.92. The Morgan fingerprint density at radius 3 is 2.93 bits per heavy atom. The van der Waals surface area contributed by atoms with Gasteiger partial charge in [0.05, 0.1) is 32.5 Å². The molecule has 0 spiro atoms. The van der Waals surface area contributed by atoms with Crippen LogP contribution in [0.3, 0.4) is 0 Å². The maximum Gasteiger partial charge on any atom is 0.0642 e. The van der Waals surface area contributed by atoms with Crippen molar-refractivity contribution < 1.29 is 14.2 Å². The quantitative estimate of drug-likeness (QED) is 0.648. The van der Waals surface area contributed by atoms with E-state index >= 15 is 0 Å². The fourth-order valence-corrected chi connectivity index (χ4v) is 1.75. The molecule has 0 aromatic rings. The average Bonchev–Trinajstić information content (AvgIpc) is 2.71. The molecule has 1 saturated heterocycles. The van der Waals surface area contributed by atoms with Crippen molar-refractivity contribution in [3.63, 3.8) is 0 Å². The molecule has 2 unspecified atom stereocenters. The summed E-state index contributed by atoms with van der Waals surface area (Å²) >= 11 is 0. The molecule has 0 radical (unpaired) electrons. The molecule has 1 N–H and O–H groups in total. The Labute approximate surface area is 92.3 Å². The molecule has 15 heavy (non-hydrogen) atoms. The summed E-state index contributed by atoms with van der Waals surface area (Å²) in [6, 6.07) is 0.308. The summed E-state index contributed by atoms with van der Waals surface area (Å²) in [7, 11) is 1.72. The summed E-state index contributed by atoms with van der Waals surface area (Å²) < 4.78 is 16.1. The van der Waals surface area contributed by atoms with Gasteiger partial charge in [-0.25, -0.2) is 0 Å². The third-order valence-corrected chi connectivity index (χ3v) is 2.56. The predicted octanol–water partition coefficient (Wildman–Crippen LogP) is 0.664. The van der Waals surface area contributed by atoms with Crippen LogP contribution in [0.1, 0.15) is 13.3 Å². The zero-order valence-electron chi connectivity index (χ0n) is 9.83. The molecular formula is C11H23NO3. The van der Waals surface area contributed by atoms with Crippen LogP contribution in [-0.2, 0) is 14.2 Å². The van der Waals surface area contributed by atoms with Gasteiger partial charge >= 0.3 is 0 Å². The minimum atomic E-state index is 0.308. The molecule has 0 saturated carbocycles.